The van der Waals surface area contributed by atoms with Crippen LogP contribution in [0.15, 0.2) is 29.2 Å². The Bertz CT molecular complexity index is 550. The fourth-order valence-corrected chi connectivity index (χ4v) is 2.62. The third kappa shape index (κ3) is 5.93. The molecule has 5 nitrogen and oxygen atoms in total. The van der Waals surface area contributed by atoms with E-state index in [0.29, 0.717) is 0 Å². The summed E-state index contributed by atoms with van der Waals surface area (Å²) in [6.07, 6.45) is 0. The Balaban J connectivity index is 0.00000324. The molecule has 0 spiro atoms. The molecule has 8 heteroatoms. The van der Waals surface area contributed by atoms with Crippen molar-refractivity contribution < 1.29 is 22.2 Å². The van der Waals surface area contributed by atoms with Crippen LogP contribution in [0.5, 0.6) is 0 Å². The molecule has 0 bridgehead atoms. The van der Waals surface area contributed by atoms with Gasteiger partial charge in [-0.2, -0.15) is 8.42 Å². The van der Waals surface area contributed by atoms with Gasteiger partial charge in [-0.3, -0.25) is 4.55 Å². The average Bonchev–Trinajstić information content (AvgIpc) is 2.24. The van der Waals surface area contributed by atoms with Crippen molar-refractivity contribution >= 4 is 44.7 Å². The van der Waals surface area contributed by atoms with Crippen molar-refractivity contribution in [3.63, 3.8) is 0 Å². The van der Waals surface area contributed by atoms with E-state index in [2.05, 4.69) is 0 Å². The van der Waals surface area contributed by atoms with Gasteiger partial charge >= 0.3 is 24.8 Å². The predicted octanol–water partition coefficient (Wildman–Crippen LogP) is 0.744. The number of rotatable bonds is 3. The summed E-state index contributed by atoms with van der Waals surface area (Å²) in [5, 5.41) is -0.0807. The minimum absolute atomic E-state index is 0. The summed E-state index contributed by atoms with van der Waals surface area (Å²) in [6.45, 7) is 5.84. The molecule has 102 valence electrons. The molecule has 0 saturated heterocycles. The minimum atomic E-state index is -4.42. The fraction of sp³-hybridized carbons (Fsp3) is 0.364. The molecule has 0 aliphatic rings. The zero-order valence-corrected chi connectivity index (χ0v) is 12.7. The van der Waals surface area contributed by atoms with Gasteiger partial charge in [0.2, 0.25) is 9.76 Å². The molecule has 1 rings (SSSR count). The summed E-state index contributed by atoms with van der Waals surface area (Å²) in [4.78, 5) is 11.4. The number of hydrogen-bond acceptors (Lipinski definition) is 4. The van der Waals surface area contributed by atoms with Crippen LogP contribution in [0.4, 0.5) is 0 Å². The Kier molecular flexibility index (Phi) is 6.52. The molecule has 0 radical (unpaired) electrons. The quantitative estimate of drug-likeness (QED) is 0.657. The van der Waals surface area contributed by atoms with Crippen molar-refractivity contribution in [3.8, 4) is 0 Å². The second kappa shape index (κ2) is 6.72. The maximum atomic E-state index is 11.8. The van der Waals surface area contributed by atoms with E-state index in [-0.39, 0.29) is 29.5 Å². The van der Waals surface area contributed by atoms with Crippen molar-refractivity contribution in [1.82, 2.24) is 0 Å². The molecular formula is C11H17LiO5SSi. The first kappa shape index (κ1) is 18.4. The first-order valence-electron chi connectivity index (χ1n) is 5.35. The van der Waals surface area contributed by atoms with Crippen LogP contribution in [0.1, 0.15) is 31.1 Å². The molecule has 1 aromatic carbocycles. The number of hydrogen-bond donors (Lipinski definition) is 1. The van der Waals surface area contributed by atoms with Gasteiger partial charge in [-0.25, -0.2) is 4.79 Å². The number of carbonyl (C=O) groups excluding carboxylic acids is 1. The molecule has 0 heterocycles. The van der Waals surface area contributed by atoms with Gasteiger partial charge in [0.05, 0.1) is 5.56 Å². The van der Waals surface area contributed by atoms with Crippen LogP contribution in [0.2, 0.25) is 5.04 Å². The zero-order chi connectivity index (χ0) is 14.0. The van der Waals surface area contributed by atoms with Crippen LogP contribution < -0.4 is 0 Å². The normalized spacial score (nSPS) is 12.2. The Labute approximate surface area is 127 Å². The molecule has 0 unspecified atom stereocenters. The van der Waals surface area contributed by atoms with E-state index < -0.39 is 30.7 Å². The SMILES string of the molecule is CC(C)(C)[SiH2]OC(=O)c1ccccc1S(=O)(=O)O.[LiH]. The van der Waals surface area contributed by atoms with Gasteiger partial charge in [0, 0.05) is 0 Å². The van der Waals surface area contributed by atoms with Gasteiger partial charge in [-0.1, -0.05) is 32.9 Å². The second-order valence-corrected chi connectivity index (χ2v) is 9.20. The van der Waals surface area contributed by atoms with Gasteiger partial charge in [-0.15, -0.1) is 0 Å². The summed E-state index contributed by atoms with van der Waals surface area (Å²) in [5.74, 6) is -0.704. The molecule has 0 saturated carbocycles. The first-order chi connectivity index (χ1) is 8.11. The molecule has 0 amide bonds. The summed E-state index contributed by atoms with van der Waals surface area (Å²) in [7, 11) is -5.55. The first-order valence-corrected chi connectivity index (χ1v) is 8.07. The van der Waals surface area contributed by atoms with Crippen molar-refractivity contribution in [3.05, 3.63) is 29.8 Å². The van der Waals surface area contributed by atoms with Crippen LogP contribution in [-0.2, 0) is 14.5 Å². The van der Waals surface area contributed by atoms with Crippen LogP contribution in [-0.4, -0.2) is 47.6 Å². The van der Waals surface area contributed by atoms with E-state index in [4.69, 9.17) is 8.98 Å². The fourth-order valence-electron chi connectivity index (χ4n) is 1.22. The Morgan fingerprint density at radius 3 is 2.26 bits per heavy atom. The van der Waals surface area contributed by atoms with Crippen LogP contribution in [0.25, 0.3) is 0 Å². The van der Waals surface area contributed by atoms with Gasteiger partial charge < -0.3 is 4.43 Å². The van der Waals surface area contributed by atoms with Gasteiger partial charge in [0.1, 0.15) is 4.90 Å². The Hall–Kier alpha value is -0.586. The van der Waals surface area contributed by atoms with Crippen molar-refractivity contribution in [2.24, 2.45) is 0 Å². The molecule has 1 aromatic rings. The topological polar surface area (TPSA) is 80.7 Å². The van der Waals surface area contributed by atoms with Crippen LogP contribution in [0, 0.1) is 0 Å². The molecule has 0 aromatic heterocycles. The van der Waals surface area contributed by atoms with E-state index >= 15 is 0 Å². The Morgan fingerprint density at radius 2 is 1.79 bits per heavy atom. The predicted molar refractivity (Wildman–Crippen MR) is 77.1 cm³/mol. The van der Waals surface area contributed by atoms with Crippen molar-refractivity contribution in [1.29, 1.82) is 0 Å². The van der Waals surface area contributed by atoms with Crippen LogP contribution in [0.3, 0.4) is 0 Å². The van der Waals surface area contributed by atoms with E-state index in [1.165, 1.54) is 24.3 Å². The van der Waals surface area contributed by atoms with Gasteiger partial charge in [0.25, 0.3) is 10.1 Å². The van der Waals surface area contributed by atoms with E-state index in [1.54, 1.807) is 0 Å². The van der Waals surface area contributed by atoms with Gasteiger partial charge in [0.15, 0.2) is 0 Å². The number of benzene rings is 1. The standard InChI is InChI=1S/C11H16O5SSi.Li.H/c1-11(2,3)18-16-10(12)8-6-4-5-7-9(8)17(13,14)15;;/h4-7H,18H2,1-3H3,(H,13,14,15);;. The molecular weight excluding hydrogens is 279 g/mol. The van der Waals surface area contributed by atoms with Crippen LogP contribution >= 0.6 is 0 Å². The van der Waals surface area contributed by atoms with E-state index in [0.717, 1.165) is 0 Å². The van der Waals surface area contributed by atoms with Gasteiger partial charge in [-0.05, 0) is 17.2 Å². The van der Waals surface area contributed by atoms with E-state index in [1.807, 2.05) is 20.8 Å². The van der Waals surface area contributed by atoms with E-state index in [9.17, 15) is 13.2 Å². The summed E-state index contributed by atoms with van der Waals surface area (Å²) in [6, 6.07) is 5.44. The third-order valence-electron chi connectivity index (χ3n) is 2.02. The molecule has 0 fully saturated rings. The molecule has 1 N–H and O–H groups in total. The molecule has 0 aliphatic heterocycles. The molecule has 0 atom stereocenters. The zero-order valence-electron chi connectivity index (χ0n) is 10.5. The Morgan fingerprint density at radius 1 is 1.26 bits per heavy atom. The molecule has 0 aliphatic carbocycles. The summed E-state index contributed by atoms with van der Waals surface area (Å²) >= 11 is 0. The van der Waals surface area contributed by atoms with Crippen molar-refractivity contribution in [2.75, 3.05) is 0 Å². The monoisotopic (exact) mass is 296 g/mol. The number of carbonyl (C=O) groups is 1. The maximum absolute atomic E-state index is 11.8. The average molecular weight is 296 g/mol. The second-order valence-electron chi connectivity index (χ2n) is 5.11. The molecule has 19 heavy (non-hydrogen) atoms. The van der Waals surface area contributed by atoms with Crippen molar-refractivity contribution in [2.45, 2.75) is 30.7 Å². The summed E-state index contributed by atoms with van der Waals surface area (Å²) in [5.41, 5.74) is -0.128. The summed E-state index contributed by atoms with van der Waals surface area (Å²) < 4.78 is 36.4. The third-order valence-corrected chi connectivity index (χ3v) is 4.21.